The Hall–Kier alpha value is -0.120. The zero-order chi connectivity index (χ0) is 11.3. The average molecular weight is 214 g/mol. The number of ether oxygens (including phenoxy) is 1. The molecule has 3 heteroatoms. The molecule has 0 aromatic heterocycles. The molecule has 0 aromatic carbocycles. The maximum Gasteiger partial charge on any atom is 0.0594 e. The Kier molecular flexibility index (Phi) is 5.58. The molecule has 90 valence electrons. The predicted molar refractivity (Wildman–Crippen MR) is 64.2 cm³/mol. The van der Waals surface area contributed by atoms with Crippen molar-refractivity contribution in [3.8, 4) is 0 Å². The summed E-state index contributed by atoms with van der Waals surface area (Å²) < 4.78 is 5.50. The third-order valence-corrected chi connectivity index (χ3v) is 2.94. The van der Waals surface area contributed by atoms with Crippen LogP contribution in [0.2, 0.25) is 0 Å². The normalized spacial score (nSPS) is 23.2. The highest BCUT2D eigenvalue weighted by molar-refractivity contribution is 4.82. The van der Waals surface area contributed by atoms with Crippen molar-refractivity contribution < 1.29 is 4.74 Å². The van der Waals surface area contributed by atoms with Crippen molar-refractivity contribution in [3.63, 3.8) is 0 Å². The summed E-state index contributed by atoms with van der Waals surface area (Å²) in [5.41, 5.74) is 0. The minimum atomic E-state index is 0.350. The number of nitrogens with zero attached hydrogens (tertiary/aromatic N) is 1. The monoisotopic (exact) mass is 214 g/mol. The SMILES string of the molecule is CC(C)OCCN[C@H]1CCN(C(C)C)C1. The molecule has 1 atom stereocenters. The summed E-state index contributed by atoms with van der Waals surface area (Å²) >= 11 is 0. The third kappa shape index (κ3) is 4.96. The standard InChI is InChI=1S/C12H26N2O/c1-10(2)14-7-5-12(9-14)13-6-8-15-11(3)4/h10-13H,5-9H2,1-4H3/t12-/m0/s1. The van der Waals surface area contributed by atoms with Gasteiger partial charge in [-0.15, -0.1) is 0 Å². The number of likely N-dealkylation sites (tertiary alicyclic amines) is 1. The van der Waals surface area contributed by atoms with Gasteiger partial charge in [0.15, 0.2) is 0 Å². The second kappa shape index (κ2) is 6.46. The van der Waals surface area contributed by atoms with Crippen LogP contribution < -0.4 is 5.32 Å². The summed E-state index contributed by atoms with van der Waals surface area (Å²) in [6.07, 6.45) is 1.63. The van der Waals surface area contributed by atoms with Gasteiger partial charge in [0.05, 0.1) is 12.7 Å². The molecule has 1 N–H and O–H groups in total. The highest BCUT2D eigenvalue weighted by Crippen LogP contribution is 2.11. The Balaban J connectivity index is 2.04. The van der Waals surface area contributed by atoms with Crippen LogP contribution in [0.15, 0.2) is 0 Å². The summed E-state index contributed by atoms with van der Waals surface area (Å²) in [5, 5.41) is 3.56. The Labute approximate surface area is 94.2 Å². The highest BCUT2D eigenvalue weighted by atomic mass is 16.5. The Morgan fingerprint density at radius 1 is 1.33 bits per heavy atom. The van der Waals surface area contributed by atoms with Gasteiger partial charge in [0.1, 0.15) is 0 Å². The molecule has 15 heavy (non-hydrogen) atoms. The molecule has 0 unspecified atom stereocenters. The number of rotatable bonds is 6. The maximum atomic E-state index is 5.50. The smallest absolute Gasteiger partial charge is 0.0594 e. The summed E-state index contributed by atoms with van der Waals surface area (Å²) in [6, 6.07) is 1.35. The van der Waals surface area contributed by atoms with E-state index in [1.807, 2.05) is 0 Å². The Morgan fingerprint density at radius 3 is 2.60 bits per heavy atom. The first-order valence-electron chi connectivity index (χ1n) is 6.18. The largest absolute Gasteiger partial charge is 0.377 e. The minimum absolute atomic E-state index is 0.350. The molecule has 0 spiro atoms. The van der Waals surface area contributed by atoms with E-state index in [9.17, 15) is 0 Å². The van der Waals surface area contributed by atoms with Crippen LogP contribution in [0.5, 0.6) is 0 Å². The number of nitrogens with one attached hydrogen (secondary N) is 1. The summed E-state index contributed by atoms with van der Waals surface area (Å²) in [7, 11) is 0. The van der Waals surface area contributed by atoms with Crippen molar-refractivity contribution in [3.05, 3.63) is 0 Å². The maximum absolute atomic E-state index is 5.50. The predicted octanol–water partition coefficient (Wildman–Crippen LogP) is 1.48. The summed E-state index contributed by atoms with van der Waals surface area (Å²) in [4.78, 5) is 2.53. The van der Waals surface area contributed by atoms with E-state index in [-0.39, 0.29) is 0 Å². The van der Waals surface area contributed by atoms with E-state index in [1.165, 1.54) is 19.5 Å². The first-order valence-corrected chi connectivity index (χ1v) is 6.18. The lowest BCUT2D eigenvalue weighted by Crippen LogP contribution is -2.36. The second-order valence-corrected chi connectivity index (χ2v) is 4.95. The van der Waals surface area contributed by atoms with Gasteiger partial charge < -0.3 is 10.1 Å². The van der Waals surface area contributed by atoms with Gasteiger partial charge in [-0.05, 0) is 40.7 Å². The highest BCUT2D eigenvalue weighted by Gasteiger charge is 2.23. The zero-order valence-corrected chi connectivity index (χ0v) is 10.6. The Bertz CT molecular complexity index is 171. The van der Waals surface area contributed by atoms with Crippen LogP contribution in [-0.4, -0.2) is 49.3 Å². The lowest BCUT2D eigenvalue weighted by atomic mass is 10.2. The van der Waals surface area contributed by atoms with Crippen LogP contribution in [-0.2, 0) is 4.74 Å². The van der Waals surface area contributed by atoms with Crippen LogP contribution >= 0.6 is 0 Å². The molecule has 0 amide bonds. The fraction of sp³-hybridized carbons (Fsp3) is 1.00. The van der Waals surface area contributed by atoms with E-state index in [0.29, 0.717) is 18.2 Å². The lowest BCUT2D eigenvalue weighted by molar-refractivity contribution is 0.0794. The van der Waals surface area contributed by atoms with Crippen LogP contribution in [0.4, 0.5) is 0 Å². The van der Waals surface area contributed by atoms with Crippen molar-refractivity contribution in [2.24, 2.45) is 0 Å². The van der Waals surface area contributed by atoms with E-state index in [0.717, 1.165) is 13.2 Å². The van der Waals surface area contributed by atoms with Crippen molar-refractivity contribution >= 4 is 0 Å². The van der Waals surface area contributed by atoms with Gasteiger partial charge in [0, 0.05) is 25.2 Å². The molecule has 1 aliphatic rings. The van der Waals surface area contributed by atoms with E-state index in [1.54, 1.807) is 0 Å². The molecule has 1 saturated heterocycles. The first-order chi connectivity index (χ1) is 7.09. The van der Waals surface area contributed by atoms with Gasteiger partial charge in [0.2, 0.25) is 0 Å². The average Bonchev–Trinajstić information content (AvgIpc) is 2.60. The molecule has 3 nitrogen and oxygen atoms in total. The van der Waals surface area contributed by atoms with Crippen LogP contribution in [0.3, 0.4) is 0 Å². The minimum Gasteiger partial charge on any atom is -0.377 e. The second-order valence-electron chi connectivity index (χ2n) is 4.95. The van der Waals surface area contributed by atoms with Crippen LogP contribution in [0, 0.1) is 0 Å². The quantitative estimate of drug-likeness (QED) is 0.678. The van der Waals surface area contributed by atoms with Gasteiger partial charge in [-0.2, -0.15) is 0 Å². The fourth-order valence-corrected chi connectivity index (χ4v) is 1.98. The van der Waals surface area contributed by atoms with E-state index < -0.39 is 0 Å². The van der Waals surface area contributed by atoms with Gasteiger partial charge in [0.25, 0.3) is 0 Å². The zero-order valence-electron chi connectivity index (χ0n) is 10.6. The first kappa shape index (κ1) is 12.9. The van der Waals surface area contributed by atoms with Crippen molar-refractivity contribution in [2.45, 2.75) is 52.3 Å². The van der Waals surface area contributed by atoms with E-state index >= 15 is 0 Å². The molecule has 0 aromatic rings. The fourth-order valence-electron chi connectivity index (χ4n) is 1.98. The van der Waals surface area contributed by atoms with E-state index in [4.69, 9.17) is 4.74 Å². The van der Waals surface area contributed by atoms with Crippen LogP contribution in [0.25, 0.3) is 0 Å². The van der Waals surface area contributed by atoms with Gasteiger partial charge >= 0.3 is 0 Å². The molecule has 1 aliphatic heterocycles. The molecule has 1 rings (SSSR count). The topological polar surface area (TPSA) is 24.5 Å². The van der Waals surface area contributed by atoms with Gasteiger partial charge in [-0.3, -0.25) is 4.90 Å². The third-order valence-electron chi connectivity index (χ3n) is 2.94. The van der Waals surface area contributed by atoms with Crippen molar-refractivity contribution in [1.82, 2.24) is 10.2 Å². The number of hydrogen-bond donors (Lipinski definition) is 1. The molecule has 0 saturated carbocycles. The van der Waals surface area contributed by atoms with Crippen molar-refractivity contribution in [2.75, 3.05) is 26.2 Å². The number of hydrogen-bond acceptors (Lipinski definition) is 3. The summed E-state index contributed by atoms with van der Waals surface area (Å²) in [5.74, 6) is 0. The molecular weight excluding hydrogens is 188 g/mol. The molecule has 0 radical (unpaired) electrons. The molecule has 1 heterocycles. The van der Waals surface area contributed by atoms with E-state index in [2.05, 4.69) is 37.9 Å². The molecule has 0 aliphatic carbocycles. The Morgan fingerprint density at radius 2 is 2.07 bits per heavy atom. The molecule has 0 bridgehead atoms. The van der Waals surface area contributed by atoms with Gasteiger partial charge in [-0.25, -0.2) is 0 Å². The lowest BCUT2D eigenvalue weighted by Gasteiger charge is -2.20. The van der Waals surface area contributed by atoms with Crippen LogP contribution in [0.1, 0.15) is 34.1 Å². The van der Waals surface area contributed by atoms with Gasteiger partial charge in [-0.1, -0.05) is 0 Å². The molecular formula is C12H26N2O. The summed E-state index contributed by atoms with van der Waals surface area (Å²) in [6.45, 7) is 12.9. The molecule has 1 fully saturated rings. The van der Waals surface area contributed by atoms with Crippen molar-refractivity contribution in [1.29, 1.82) is 0 Å².